The molecule has 6 atom stereocenters. The largest absolute Gasteiger partial charge is 0.363 e. The molecule has 0 aliphatic carbocycles. The van der Waals surface area contributed by atoms with E-state index in [-0.39, 0.29) is 17.8 Å². The number of hydrogen-bond acceptors (Lipinski definition) is 8. The molecule has 0 radical (unpaired) electrons. The summed E-state index contributed by atoms with van der Waals surface area (Å²) < 4.78 is 36.1. The third-order valence-corrected chi connectivity index (χ3v) is 5.58. The van der Waals surface area contributed by atoms with Crippen LogP contribution in [-0.4, -0.2) is 77.3 Å². The van der Waals surface area contributed by atoms with E-state index in [1.165, 1.54) is 5.06 Å². The molecular formula is C24H41NO7. The zero-order valence-electron chi connectivity index (χ0n) is 21.0. The Morgan fingerprint density at radius 2 is 1.69 bits per heavy atom. The second-order valence-corrected chi connectivity index (χ2v) is 11.2. The average molecular weight is 456 g/mol. The van der Waals surface area contributed by atoms with Crippen LogP contribution in [0, 0.1) is 17.8 Å². The van der Waals surface area contributed by atoms with Crippen LogP contribution in [0.15, 0.2) is 0 Å². The van der Waals surface area contributed by atoms with E-state index in [4.69, 9.17) is 28.4 Å². The Hall–Kier alpha value is -0.760. The van der Waals surface area contributed by atoms with Gasteiger partial charge in [0.1, 0.15) is 31.0 Å². The summed E-state index contributed by atoms with van der Waals surface area (Å²) in [6.07, 6.45) is -1.68. The highest BCUT2D eigenvalue weighted by Crippen LogP contribution is 2.43. The lowest BCUT2D eigenvalue weighted by Gasteiger charge is -2.32. The van der Waals surface area contributed by atoms with Crippen molar-refractivity contribution in [2.45, 2.75) is 123 Å². The highest BCUT2D eigenvalue weighted by molar-refractivity contribution is 5.10. The molecule has 3 saturated heterocycles. The van der Waals surface area contributed by atoms with Gasteiger partial charge in [-0.2, -0.15) is 0 Å². The van der Waals surface area contributed by atoms with Crippen molar-refractivity contribution in [2.75, 3.05) is 13.2 Å². The van der Waals surface area contributed by atoms with Crippen molar-refractivity contribution in [2.24, 2.45) is 5.92 Å². The van der Waals surface area contributed by atoms with Crippen LogP contribution < -0.4 is 0 Å². The molecule has 3 aliphatic rings. The van der Waals surface area contributed by atoms with Gasteiger partial charge >= 0.3 is 0 Å². The normalized spacial score (nSPS) is 34.6. The average Bonchev–Trinajstić information content (AvgIpc) is 3.25. The number of nitrogens with zero attached hydrogens (tertiary/aromatic N) is 1. The third-order valence-electron chi connectivity index (χ3n) is 5.58. The Labute approximate surface area is 192 Å². The molecule has 3 heterocycles. The van der Waals surface area contributed by atoms with Crippen LogP contribution >= 0.6 is 0 Å². The predicted molar refractivity (Wildman–Crippen MR) is 118 cm³/mol. The van der Waals surface area contributed by atoms with Crippen molar-refractivity contribution in [3.8, 4) is 11.8 Å². The monoisotopic (exact) mass is 455 g/mol. The first kappa shape index (κ1) is 25.9. The van der Waals surface area contributed by atoms with Gasteiger partial charge in [-0.05, 0) is 60.8 Å². The van der Waals surface area contributed by atoms with Crippen molar-refractivity contribution in [1.29, 1.82) is 0 Å². The zero-order chi connectivity index (χ0) is 23.9. The molecule has 8 nitrogen and oxygen atoms in total. The molecule has 0 saturated carbocycles. The van der Waals surface area contributed by atoms with Crippen molar-refractivity contribution in [1.82, 2.24) is 5.06 Å². The van der Waals surface area contributed by atoms with Gasteiger partial charge in [0, 0.05) is 0 Å². The van der Waals surface area contributed by atoms with Crippen molar-refractivity contribution in [3.63, 3.8) is 0 Å². The lowest BCUT2D eigenvalue weighted by molar-refractivity contribution is -0.278. The van der Waals surface area contributed by atoms with Crippen LogP contribution in [0.4, 0.5) is 0 Å². The first-order chi connectivity index (χ1) is 14.7. The van der Waals surface area contributed by atoms with E-state index in [2.05, 4.69) is 25.7 Å². The van der Waals surface area contributed by atoms with Crippen molar-refractivity contribution < 1.29 is 33.6 Å². The molecule has 0 aromatic carbocycles. The maximum Gasteiger partial charge on any atom is 0.164 e. The van der Waals surface area contributed by atoms with E-state index in [9.17, 15) is 5.21 Å². The molecule has 184 valence electrons. The molecule has 32 heavy (non-hydrogen) atoms. The fraction of sp³-hybridized carbons (Fsp3) is 0.917. The van der Waals surface area contributed by atoms with Crippen molar-refractivity contribution in [3.05, 3.63) is 0 Å². The molecule has 0 bridgehead atoms. The van der Waals surface area contributed by atoms with Gasteiger partial charge in [-0.25, -0.2) is 0 Å². The van der Waals surface area contributed by atoms with E-state index in [0.29, 0.717) is 25.6 Å². The zero-order valence-corrected chi connectivity index (χ0v) is 21.0. The molecule has 8 heteroatoms. The number of hydroxylamine groups is 2. The second kappa shape index (κ2) is 9.47. The van der Waals surface area contributed by atoms with E-state index in [0.717, 1.165) is 0 Å². The smallest absolute Gasteiger partial charge is 0.164 e. The molecular weight excluding hydrogens is 414 g/mol. The quantitative estimate of drug-likeness (QED) is 0.483. The molecule has 0 unspecified atom stereocenters. The summed E-state index contributed by atoms with van der Waals surface area (Å²) in [6.45, 7) is 18.3. The molecule has 3 rings (SSSR count). The van der Waals surface area contributed by atoms with Crippen LogP contribution in [0.2, 0.25) is 0 Å². The van der Waals surface area contributed by atoms with Crippen LogP contribution in [0.25, 0.3) is 0 Å². The Morgan fingerprint density at radius 1 is 1.03 bits per heavy atom. The van der Waals surface area contributed by atoms with Crippen LogP contribution in [0.5, 0.6) is 0 Å². The fourth-order valence-electron chi connectivity index (χ4n) is 4.27. The van der Waals surface area contributed by atoms with Gasteiger partial charge in [0.15, 0.2) is 17.8 Å². The summed E-state index contributed by atoms with van der Waals surface area (Å²) in [5, 5.41) is 12.4. The lowest BCUT2D eigenvalue weighted by Crippen LogP contribution is -2.47. The summed E-state index contributed by atoms with van der Waals surface area (Å²) >= 11 is 0. The van der Waals surface area contributed by atoms with Gasteiger partial charge in [-0.1, -0.05) is 25.7 Å². The first-order valence-corrected chi connectivity index (χ1v) is 11.6. The van der Waals surface area contributed by atoms with Gasteiger partial charge in [0.25, 0.3) is 0 Å². The molecule has 0 amide bonds. The Kier molecular flexibility index (Phi) is 7.65. The molecule has 0 aromatic heterocycles. The van der Waals surface area contributed by atoms with E-state index in [1.807, 2.05) is 48.5 Å². The number of ether oxygens (including phenoxy) is 6. The van der Waals surface area contributed by atoms with Gasteiger partial charge in [0.2, 0.25) is 0 Å². The first-order valence-electron chi connectivity index (χ1n) is 11.6. The Morgan fingerprint density at radius 3 is 2.25 bits per heavy atom. The highest BCUT2D eigenvalue weighted by Gasteiger charge is 2.60. The molecule has 3 aliphatic heterocycles. The summed E-state index contributed by atoms with van der Waals surface area (Å²) in [4.78, 5) is 0. The predicted octanol–water partition coefficient (Wildman–Crippen LogP) is 3.31. The summed E-state index contributed by atoms with van der Waals surface area (Å²) in [5.41, 5.74) is -0.270. The van der Waals surface area contributed by atoms with Crippen LogP contribution in [0.3, 0.4) is 0 Å². The van der Waals surface area contributed by atoms with Crippen LogP contribution in [0.1, 0.15) is 68.7 Å². The lowest BCUT2D eigenvalue weighted by atomic mass is 10.0. The van der Waals surface area contributed by atoms with Gasteiger partial charge in [-0.3, -0.25) is 0 Å². The van der Waals surface area contributed by atoms with E-state index in [1.54, 1.807) is 0 Å². The summed E-state index contributed by atoms with van der Waals surface area (Å²) in [5.74, 6) is 5.08. The number of fused-ring (bicyclic) bond motifs is 1. The van der Waals surface area contributed by atoms with Crippen molar-refractivity contribution >= 4 is 0 Å². The van der Waals surface area contributed by atoms with Gasteiger partial charge in [-0.15, -0.1) is 5.06 Å². The van der Waals surface area contributed by atoms with E-state index < -0.39 is 36.1 Å². The maximum atomic E-state index is 11.3. The molecule has 0 aromatic rings. The molecule has 0 spiro atoms. The third kappa shape index (κ3) is 6.43. The van der Waals surface area contributed by atoms with Gasteiger partial charge < -0.3 is 33.6 Å². The second-order valence-electron chi connectivity index (χ2n) is 11.2. The summed E-state index contributed by atoms with van der Waals surface area (Å²) in [7, 11) is 0. The highest BCUT2D eigenvalue weighted by atomic mass is 16.8. The fourth-order valence-corrected chi connectivity index (χ4v) is 4.27. The summed E-state index contributed by atoms with van der Waals surface area (Å²) in [6, 6.07) is -0.438. The Bertz CT molecular complexity index is 705. The van der Waals surface area contributed by atoms with Crippen LogP contribution in [-0.2, 0) is 28.4 Å². The number of hydrogen-bond donors (Lipinski definition) is 1. The Balaban J connectivity index is 1.77. The number of rotatable bonds is 6. The van der Waals surface area contributed by atoms with Gasteiger partial charge in [0.05, 0.1) is 18.2 Å². The topological polar surface area (TPSA) is 78.9 Å². The SMILES string of the molecule is CC(C)C[C@@H](C#CCOC(C)(C)C)N(O)[C@@H]1O[C@H]([C@H]2COC(C)(C)O2)[C@@H]2OC(C)(C)O[C@@H]21. The standard InChI is InChI=1S/C24H41NO7/c1-15(2)13-16(11-10-12-27-22(3,4)5)25(26)21-20-19(31-24(8,9)32-20)18(29-21)17-14-28-23(6,7)30-17/h15-21,26H,12-14H2,1-9H3/t16-,17-,18-,19+,20+,21-/m1/s1. The minimum absolute atomic E-state index is 0.270. The van der Waals surface area contributed by atoms with E-state index >= 15 is 0 Å². The minimum atomic E-state index is -0.787. The molecule has 1 N–H and O–H groups in total. The minimum Gasteiger partial charge on any atom is -0.363 e. The maximum absolute atomic E-state index is 11.3. The molecule has 3 fully saturated rings.